The number of amides is 1. The molecule has 2 aromatic heterocycles. The first-order valence-corrected chi connectivity index (χ1v) is 6.66. The zero-order valence-electron chi connectivity index (χ0n) is 11.3. The number of rotatable bonds is 7. The molecule has 1 amide bonds. The first-order chi connectivity index (χ1) is 9.84. The molecule has 0 spiro atoms. The maximum atomic E-state index is 11.6. The smallest absolute Gasteiger partial charge is 0.243 e. The molecule has 0 saturated heterocycles. The van der Waals surface area contributed by atoms with Crippen molar-refractivity contribution in [3.05, 3.63) is 54.9 Å². The molecule has 20 heavy (non-hydrogen) atoms. The molecule has 0 aliphatic rings. The monoisotopic (exact) mass is 270 g/mol. The van der Waals surface area contributed by atoms with Crippen LogP contribution >= 0.6 is 0 Å². The second kappa shape index (κ2) is 7.89. The van der Waals surface area contributed by atoms with Crippen LogP contribution in [0.2, 0.25) is 0 Å². The molecule has 2 heterocycles. The summed E-state index contributed by atoms with van der Waals surface area (Å²) in [6.45, 7) is 1.62. The van der Waals surface area contributed by atoms with Gasteiger partial charge in [-0.2, -0.15) is 0 Å². The molecule has 0 bridgehead atoms. The van der Waals surface area contributed by atoms with Crippen LogP contribution in [-0.2, 0) is 11.3 Å². The Labute approximate surface area is 118 Å². The van der Waals surface area contributed by atoms with Gasteiger partial charge < -0.3 is 9.88 Å². The van der Waals surface area contributed by atoms with E-state index in [1.807, 2.05) is 22.9 Å². The zero-order valence-corrected chi connectivity index (χ0v) is 11.3. The predicted octanol–water partition coefficient (Wildman–Crippen LogP) is 1.89. The fourth-order valence-corrected chi connectivity index (χ4v) is 1.76. The van der Waals surface area contributed by atoms with E-state index in [4.69, 9.17) is 0 Å². The normalized spacial score (nSPS) is 10.8. The molecular weight excluding hydrogens is 252 g/mol. The zero-order chi connectivity index (χ0) is 14.0. The standard InChI is InChI=1S/C15H18N4O/c20-15(6-5-14-4-3-7-16-12-14)18-8-1-2-10-19-11-9-17-13-19/h3-7,9,11-13H,1-2,8,10H2,(H,18,20). The molecule has 0 radical (unpaired) electrons. The molecule has 0 fully saturated rings. The molecule has 0 aromatic carbocycles. The van der Waals surface area contributed by atoms with Crippen molar-refractivity contribution in [2.45, 2.75) is 19.4 Å². The molecule has 0 aliphatic carbocycles. The minimum atomic E-state index is -0.0727. The Hall–Kier alpha value is -2.43. The molecule has 104 valence electrons. The fourth-order valence-electron chi connectivity index (χ4n) is 1.76. The molecule has 0 aliphatic heterocycles. The number of aryl methyl sites for hydroxylation is 1. The van der Waals surface area contributed by atoms with Crippen molar-refractivity contribution in [1.29, 1.82) is 0 Å². The molecule has 0 atom stereocenters. The van der Waals surface area contributed by atoms with E-state index in [0.717, 1.165) is 24.9 Å². The number of hydrogen-bond donors (Lipinski definition) is 1. The Balaban J connectivity index is 1.59. The fraction of sp³-hybridized carbons (Fsp3) is 0.267. The van der Waals surface area contributed by atoms with Crippen molar-refractivity contribution in [2.75, 3.05) is 6.54 Å². The summed E-state index contributed by atoms with van der Waals surface area (Å²) < 4.78 is 2.03. The first-order valence-electron chi connectivity index (χ1n) is 6.66. The lowest BCUT2D eigenvalue weighted by atomic mass is 10.2. The highest BCUT2D eigenvalue weighted by molar-refractivity contribution is 5.91. The summed E-state index contributed by atoms with van der Waals surface area (Å²) in [6, 6.07) is 3.75. The molecular formula is C15H18N4O. The predicted molar refractivity (Wildman–Crippen MR) is 77.7 cm³/mol. The molecule has 0 saturated carbocycles. The molecule has 2 aromatic rings. The van der Waals surface area contributed by atoms with E-state index in [1.54, 1.807) is 31.0 Å². The number of nitrogens with zero attached hydrogens (tertiary/aromatic N) is 3. The van der Waals surface area contributed by atoms with E-state index in [1.165, 1.54) is 6.08 Å². The van der Waals surface area contributed by atoms with E-state index >= 15 is 0 Å². The number of hydrogen-bond acceptors (Lipinski definition) is 3. The Kier molecular flexibility index (Phi) is 5.52. The number of unbranched alkanes of at least 4 members (excludes halogenated alkanes) is 1. The van der Waals surface area contributed by atoms with Crippen molar-refractivity contribution >= 4 is 12.0 Å². The van der Waals surface area contributed by atoms with Gasteiger partial charge >= 0.3 is 0 Å². The highest BCUT2D eigenvalue weighted by Gasteiger charge is 1.95. The topological polar surface area (TPSA) is 59.8 Å². The van der Waals surface area contributed by atoms with Gasteiger partial charge in [-0.3, -0.25) is 9.78 Å². The number of nitrogens with one attached hydrogen (secondary N) is 1. The quantitative estimate of drug-likeness (QED) is 0.617. The first kappa shape index (κ1) is 14.0. The second-order valence-corrected chi connectivity index (χ2v) is 4.42. The lowest BCUT2D eigenvalue weighted by Crippen LogP contribution is -2.22. The van der Waals surface area contributed by atoms with Crippen LogP contribution < -0.4 is 5.32 Å². The van der Waals surface area contributed by atoms with Gasteiger partial charge in [0.05, 0.1) is 6.33 Å². The van der Waals surface area contributed by atoms with Gasteiger partial charge in [-0.15, -0.1) is 0 Å². The van der Waals surface area contributed by atoms with Gasteiger partial charge in [0.2, 0.25) is 5.91 Å². The third-order valence-electron chi connectivity index (χ3n) is 2.81. The Morgan fingerprint density at radius 3 is 3.00 bits per heavy atom. The van der Waals surface area contributed by atoms with E-state index < -0.39 is 0 Å². The SMILES string of the molecule is O=C(C=Cc1cccnc1)NCCCCn1ccnc1. The van der Waals surface area contributed by atoms with Gasteiger partial charge in [0.1, 0.15) is 0 Å². The minimum Gasteiger partial charge on any atom is -0.353 e. The van der Waals surface area contributed by atoms with Crippen LogP contribution in [0.5, 0.6) is 0 Å². The summed E-state index contributed by atoms with van der Waals surface area (Å²) in [5, 5.41) is 2.86. The Morgan fingerprint density at radius 1 is 1.30 bits per heavy atom. The third-order valence-corrected chi connectivity index (χ3v) is 2.81. The van der Waals surface area contributed by atoms with Crippen LogP contribution in [0.1, 0.15) is 18.4 Å². The van der Waals surface area contributed by atoms with Crippen LogP contribution in [-0.4, -0.2) is 27.0 Å². The van der Waals surface area contributed by atoms with Gasteiger partial charge in [-0.05, 0) is 30.5 Å². The minimum absolute atomic E-state index is 0.0727. The van der Waals surface area contributed by atoms with E-state index in [2.05, 4.69) is 15.3 Å². The summed E-state index contributed by atoms with van der Waals surface area (Å²) in [6.07, 6.45) is 14.2. The molecule has 1 N–H and O–H groups in total. The van der Waals surface area contributed by atoms with Crippen molar-refractivity contribution in [3.63, 3.8) is 0 Å². The second-order valence-electron chi connectivity index (χ2n) is 4.42. The Morgan fingerprint density at radius 2 is 2.25 bits per heavy atom. The molecule has 2 rings (SSSR count). The highest BCUT2D eigenvalue weighted by Crippen LogP contribution is 1.98. The van der Waals surface area contributed by atoms with Crippen LogP contribution in [0.15, 0.2) is 49.3 Å². The van der Waals surface area contributed by atoms with Gasteiger partial charge in [-0.1, -0.05) is 6.07 Å². The largest absolute Gasteiger partial charge is 0.353 e. The van der Waals surface area contributed by atoms with Crippen LogP contribution in [0.4, 0.5) is 0 Å². The van der Waals surface area contributed by atoms with Crippen molar-refractivity contribution in [3.8, 4) is 0 Å². The van der Waals surface area contributed by atoms with Gasteiger partial charge in [-0.25, -0.2) is 4.98 Å². The van der Waals surface area contributed by atoms with E-state index in [-0.39, 0.29) is 5.91 Å². The third kappa shape index (κ3) is 5.06. The van der Waals surface area contributed by atoms with Crippen LogP contribution in [0.25, 0.3) is 6.08 Å². The van der Waals surface area contributed by atoms with Crippen LogP contribution in [0.3, 0.4) is 0 Å². The average Bonchev–Trinajstić information content (AvgIpc) is 2.99. The lowest BCUT2D eigenvalue weighted by molar-refractivity contribution is -0.116. The summed E-state index contributed by atoms with van der Waals surface area (Å²) in [7, 11) is 0. The van der Waals surface area contributed by atoms with Gasteiger partial charge in [0.15, 0.2) is 0 Å². The summed E-state index contributed by atoms with van der Waals surface area (Å²) in [5.74, 6) is -0.0727. The molecule has 0 unspecified atom stereocenters. The maximum Gasteiger partial charge on any atom is 0.243 e. The van der Waals surface area contributed by atoms with Crippen molar-refractivity contribution in [1.82, 2.24) is 19.9 Å². The lowest BCUT2D eigenvalue weighted by Gasteiger charge is -2.03. The number of carbonyl (C=O) groups excluding carboxylic acids is 1. The number of pyridine rings is 1. The van der Waals surface area contributed by atoms with Gasteiger partial charge in [0.25, 0.3) is 0 Å². The molecule has 5 nitrogen and oxygen atoms in total. The summed E-state index contributed by atoms with van der Waals surface area (Å²) in [4.78, 5) is 19.5. The maximum absolute atomic E-state index is 11.6. The Bertz CT molecular complexity index is 534. The highest BCUT2D eigenvalue weighted by atomic mass is 16.1. The van der Waals surface area contributed by atoms with Crippen molar-refractivity contribution in [2.24, 2.45) is 0 Å². The summed E-state index contributed by atoms with van der Waals surface area (Å²) >= 11 is 0. The number of carbonyl (C=O) groups is 1. The van der Waals surface area contributed by atoms with Crippen molar-refractivity contribution < 1.29 is 4.79 Å². The summed E-state index contributed by atoms with van der Waals surface area (Å²) in [5.41, 5.74) is 0.919. The average molecular weight is 270 g/mol. The molecule has 5 heteroatoms. The van der Waals surface area contributed by atoms with Crippen LogP contribution in [0, 0.1) is 0 Å². The van der Waals surface area contributed by atoms with E-state index in [0.29, 0.717) is 6.54 Å². The number of imidazole rings is 1. The van der Waals surface area contributed by atoms with E-state index in [9.17, 15) is 4.79 Å². The number of aromatic nitrogens is 3. The van der Waals surface area contributed by atoms with Gasteiger partial charge in [0, 0.05) is 44.0 Å².